The van der Waals surface area contributed by atoms with Crippen molar-refractivity contribution in [2.45, 2.75) is 0 Å². The van der Waals surface area contributed by atoms with Gasteiger partial charge in [0, 0.05) is 0 Å². The minimum absolute atomic E-state index is 1.11. The molecule has 0 fully saturated rings. The van der Waals surface area contributed by atoms with E-state index in [0.29, 0.717) is 0 Å². The van der Waals surface area contributed by atoms with E-state index in [1.807, 2.05) is 55.3 Å². The molecule has 0 aliphatic carbocycles. The van der Waals surface area contributed by atoms with Crippen molar-refractivity contribution in [3.05, 3.63) is 30.3 Å². The molecule has 0 radical (unpaired) electrons. The number of hydrogen-bond acceptors (Lipinski definition) is 0. The van der Waals surface area contributed by atoms with Gasteiger partial charge in [-0.1, -0.05) is 18.2 Å². The molecule has 0 saturated heterocycles. The maximum absolute atomic E-state index is 5.42. The molecule has 0 atom stereocenters. The number of nitrogens with one attached hydrogen (secondary N) is 1. The molecule has 18 heavy (non-hydrogen) atoms. The van der Waals surface area contributed by atoms with Gasteiger partial charge in [0.25, 0.3) is 0 Å². The third-order valence-electron chi connectivity index (χ3n) is 1.26. The molecule has 0 bridgehead atoms. The second-order valence-corrected chi connectivity index (χ2v) is 60.5. The monoisotopic (exact) mass is 480 g/mol. The van der Waals surface area contributed by atoms with Crippen LogP contribution in [-0.2, 0) is 0 Å². The zero-order valence-electron chi connectivity index (χ0n) is 9.63. The van der Waals surface area contributed by atoms with Gasteiger partial charge in [-0.15, -0.1) is 0 Å². The van der Waals surface area contributed by atoms with E-state index in [9.17, 15) is 0 Å². The predicted molar refractivity (Wildman–Crippen MR) is 89.1 cm³/mol. The Morgan fingerprint density at radius 2 is 1.33 bits per heavy atom. The van der Waals surface area contributed by atoms with Crippen LogP contribution in [0.1, 0.15) is 0 Å². The zero-order chi connectivity index (χ0) is 14.5. The molecule has 0 unspecified atom stereocenters. The first-order valence-electron chi connectivity index (χ1n) is 4.62. The van der Waals surface area contributed by atoms with Crippen molar-refractivity contribution >= 4 is 74.1 Å². The van der Waals surface area contributed by atoms with Crippen molar-refractivity contribution in [1.29, 1.82) is 0 Å². The second-order valence-electron chi connectivity index (χ2n) is 3.56. The van der Waals surface area contributed by atoms with Crippen LogP contribution < -0.4 is 5.32 Å². The van der Waals surface area contributed by atoms with Crippen LogP contribution in [0.5, 0.6) is 0 Å². The van der Waals surface area contributed by atoms with Crippen LogP contribution in [0.25, 0.3) is 0 Å². The Morgan fingerprint density at radius 3 is 1.67 bits per heavy atom. The van der Waals surface area contributed by atoms with Crippen LogP contribution in [0.15, 0.2) is 30.3 Å². The minimum atomic E-state index is -5.42. The predicted octanol–water partition coefficient (Wildman–Crippen LogP) is 5.16. The first kappa shape index (κ1) is 19.2. The van der Waals surface area contributed by atoms with E-state index in [0.717, 1.165) is 5.69 Å². The van der Waals surface area contributed by atoms with Crippen molar-refractivity contribution in [3.8, 4) is 0 Å². The van der Waals surface area contributed by atoms with E-state index in [1.165, 1.54) is 0 Å². The third kappa shape index (κ3) is 22.4. The number of hydrogen-bond donors (Lipinski definition) is 1. The summed E-state index contributed by atoms with van der Waals surface area (Å²) in [5, 5.41) is 3.14. The van der Waals surface area contributed by atoms with E-state index in [-0.39, 0.29) is 0 Å². The van der Waals surface area contributed by atoms with E-state index in [4.69, 9.17) is 53.0 Å². The van der Waals surface area contributed by atoms with Gasteiger partial charge in [0.15, 0.2) is 0 Å². The van der Waals surface area contributed by atoms with Crippen LogP contribution in [0.2, 0.25) is 0 Å². The van der Waals surface area contributed by atoms with Gasteiger partial charge < -0.3 is 0 Å². The summed E-state index contributed by atoms with van der Waals surface area (Å²) >= 11 is 0. The van der Waals surface area contributed by atoms with Gasteiger partial charge in [0.05, 0.1) is 14.1 Å². The molecule has 0 aromatic heterocycles. The third-order valence-corrected chi connectivity index (χ3v) is 1.26. The molecule has 0 aliphatic rings. The van der Waals surface area contributed by atoms with Crippen molar-refractivity contribution in [1.82, 2.24) is 0 Å². The molecular weight excluding hydrogens is 471 g/mol. The van der Waals surface area contributed by atoms with E-state index in [2.05, 4.69) is 5.32 Å². The molecular formula is C9H13Cl6N2Sb. The van der Waals surface area contributed by atoms with Crippen LogP contribution in [-0.4, -0.2) is 34.1 Å². The van der Waals surface area contributed by atoms with Gasteiger partial charge in [-0.2, -0.15) is 0 Å². The Balaban J connectivity index is 0.000000360. The molecule has 0 saturated carbocycles. The van der Waals surface area contributed by atoms with Gasteiger partial charge in [-0.3, -0.25) is 4.58 Å². The zero-order valence-corrected chi connectivity index (χ0v) is 16.7. The molecule has 1 N–H and O–H groups in total. The average molecular weight is 484 g/mol. The Kier molecular flexibility index (Phi) is 6.79. The average Bonchev–Trinajstić information content (AvgIpc) is 2.11. The SMILES string of the molecule is C[N+](C)=CNc1ccccc1.[Cl][Sb-]([Cl])([Cl])([Cl])([Cl])[Cl]. The number of para-hydroxylation sites is 1. The van der Waals surface area contributed by atoms with Crippen molar-refractivity contribution in [3.63, 3.8) is 0 Å². The Hall–Kier alpha value is 1.25. The summed E-state index contributed by atoms with van der Waals surface area (Å²) in [5.41, 5.74) is 1.11. The molecule has 0 amide bonds. The molecule has 1 aromatic carbocycles. The molecule has 1 aromatic rings. The standard InChI is InChI=1S/C9H12N2.6ClH.Sb/c1-11(2)8-10-9-6-4-3-5-7-9;;;;;;;/h3-8H,1-2H3;6*1H;/q;;;;;;;+5/p-5. The van der Waals surface area contributed by atoms with Gasteiger partial charge in [0.2, 0.25) is 6.34 Å². The molecule has 1 rings (SSSR count). The first-order valence-corrected chi connectivity index (χ1v) is 24.0. The number of benzene rings is 1. The van der Waals surface area contributed by atoms with Gasteiger partial charge in [0.1, 0.15) is 5.69 Å². The second kappa shape index (κ2) is 6.35. The summed E-state index contributed by atoms with van der Waals surface area (Å²) in [6.45, 7) is 0. The normalized spacial score (nSPS) is 14.4. The number of nitrogens with zero attached hydrogens (tertiary/aromatic N) is 1. The van der Waals surface area contributed by atoms with Gasteiger partial charge >= 0.3 is 62.1 Å². The van der Waals surface area contributed by atoms with Crippen molar-refractivity contribution < 1.29 is 4.58 Å². The van der Waals surface area contributed by atoms with E-state index >= 15 is 0 Å². The van der Waals surface area contributed by atoms with E-state index < -0.39 is 9.14 Å². The molecule has 9 heteroatoms. The summed E-state index contributed by atoms with van der Waals surface area (Å²) in [6, 6.07) is 10.1. The quantitative estimate of drug-likeness (QED) is 0.266. The topological polar surface area (TPSA) is 15.0 Å². The molecule has 0 spiro atoms. The number of anilines is 1. The molecule has 106 valence electrons. The summed E-state index contributed by atoms with van der Waals surface area (Å²) in [6.07, 6.45) is 1.91. The van der Waals surface area contributed by atoms with Gasteiger partial charge in [-0.05, 0) is 12.1 Å². The molecule has 2 nitrogen and oxygen atoms in total. The number of halogens is 6. The summed E-state index contributed by atoms with van der Waals surface area (Å²) < 4.78 is 1.97. The Morgan fingerprint density at radius 1 is 0.944 bits per heavy atom. The summed E-state index contributed by atoms with van der Waals surface area (Å²) in [7, 11) is 28.9. The van der Waals surface area contributed by atoms with Gasteiger partial charge in [-0.25, -0.2) is 5.32 Å². The molecule has 0 heterocycles. The fraction of sp³-hybridized carbons (Fsp3) is 0.222. The Labute approximate surface area is 127 Å². The Bertz CT molecular complexity index is 395. The van der Waals surface area contributed by atoms with Crippen LogP contribution >= 0.6 is 53.0 Å². The van der Waals surface area contributed by atoms with Crippen molar-refractivity contribution in [2.24, 2.45) is 0 Å². The first-order chi connectivity index (χ1) is 7.74. The summed E-state index contributed by atoms with van der Waals surface area (Å²) in [5.74, 6) is 0. The van der Waals surface area contributed by atoms with Crippen LogP contribution in [0.4, 0.5) is 5.69 Å². The van der Waals surface area contributed by atoms with Crippen LogP contribution in [0, 0.1) is 0 Å². The van der Waals surface area contributed by atoms with Crippen molar-refractivity contribution in [2.75, 3.05) is 19.4 Å². The van der Waals surface area contributed by atoms with E-state index in [1.54, 1.807) is 0 Å². The molecule has 0 aliphatic heterocycles. The fourth-order valence-electron chi connectivity index (χ4n) is 0.738. The maximum atomic E-state index is 5.06. The number of rotatable bonds is 2. The van der Waals surface area contributed by atoms with Crippen LogP contribution in [0.3, 0.4) is 0 Å². The fourth-order valence-corrected chi connectivity index (χ4v) is 0.738. The summed E-state index contributed by atoms with van der Waals surface area (Å²) in [4.78, 5) is 0.